The Kier molecular flexibility index (Phi) is 4.50. The monoisotopic (exact) mass is 288 g/mol. The fourth-order valence-electron chi connectivity index (χ4n) is 3.38. The predicted molar refractivity (Wildman–Crippen MR) is 74.0 cm³/mol. The maximum absolute atomic E-state index is 12.0. The van der Waals surface area contributed by atoms with Crippen LogP contribution in [0.1, 0.15) is 32.1 Å². The second-order valence-corrected chi connectivity index (χ2v) is 8.10. The number of carbonyl (C=O) groups excluding carboxylic acids is 1. The minimum absolute atomic E-state index is 0.175. The maximum atomic E-state index is 12.0. The number of nitrogens with zero attached hydrogens (tertiary/aromatic N) is 1. The summed E-state index contributed by atoms with van der Waals surface area (Å²) in [6.45, 7) is 1.02. The number of hydrogen-bond donors (Lipinski definition) is 1. The summed E-state index contributed by atoms with van der Waals surface area (Å²) in [5.74, 6) is 1.77. The predicted octanol–water partition coefficient (Wildman–Crippen LogP) is 0.820. The van der Waals surface area contributed by atoms with Crippen molar-refractivity contribution in [3.63, 3.8) is 0 Å². The van der Waals surface area contributed by atoms with Gasteiger partial charge in [0.1, 0.15) is 0 Å². The van der Waals surface area contributed by atoms with Crippen LogP contribution in [0.3, 0.4) is 0 Å². The van der Waals surface area contributed by atoms with Crippen LogP contribution in [0.4, 0.5) is 0 Å². The normalized spacial score (nSPS) is 29.9. The summed E-state index contributed by atoms with van der Waals surface area (Å²) in [6, 6.07) is 0. The topological polar surface area (TPSA) is 66.5 Å². The van der Waals surface area contributed by atoms with Gasteiger partial charge in [0.25, 0.3) is 0 Å². The van der Waals surface area contributed by atoms with E-state index in [1.807, 2.05) is 0 Å². The Morgan fingerprint density at radius 2 is 2.05 bits per heavy atom. The molecule has 6 heteroatoms. The minimum Gasteiger partial charge on any atom is -0.356 e. The maximum Gasteiger partial charge on any atom is 0.223 e. The molecule has 2 rings (SSSR count). The van der Waals surface area contributed by atoms with Gasteiger partial charge in [-0.2, -0.15) is 0 Å². The molecule has 110 valence electrons. The lowest BCUT2D eigenvalue weighted by molar-refractivity contribution is -0.126. The van der Waals surface area contributed by atoms with Crippen LogP contribution in [0.2, 0.25) is 0 Å². The van der Waals surface area contributed by atoms with Gasteiger partial charge in [-0.05, 0) is 37.5 Å². The standard InChI is InChI=1S/C13H24N2O3S/c1-15(19(2,17)18)7-3-6-14-13(16)12-9-10-4-5-11(12)8-10/h10-12H,3-9H2,1-2H3,(H,14,16)/t10-,11-,12-/m0/s1. The van der Waals surface area contributed by atoms with Crippen molar-refractivity contribution in [2.24, 2.45) is 17.8 Å². The Morgan fingerprint density at radius 1 is 1.32 bits per heavy atom. The van der Waals surface area contributed by atoms with E-state index in [1.54, 1.807) is 7.05 Å². The van der Waals surface area contributed by atoms with Gasteiger partial charge in [0, 0.05) is 26.1 Å². The second kappa shape index (κ2) is 5.79. The van der Waals surface area contributed by atoms with Crippen molar-refractivity contribution < 1.29 is 13.2 Å². The molecule has 1 amide bonds. The average Bonchev–Trinajstić information content (AvgIpc) is 2.94. The molecule has 2 bridgehead atoms. The Morgan fingerprint density at radius 3 is 2.58 bits per heavy atom. The van der Waals surface area contributed by atoms with Crippen LogP contribution in [0, 0.1) is 17.8 Å². The summed E-state index contributed by atoms with van der Waals surface area (Å²) in [5, 5.41) is 2.96. The second-order valence-electron chi connectivity index (χ2n) is 6.01. The number of sulfonamides is 1. The van der Waals surface area contributed by atoms with E-state index < -0.39 is 10.0 Å². The fraction of sp³-hybridized carbons (Fsp3) is 0.923. The molecule has 0 radical (unpaired) electrons. The molecule has 3 atom stereocenters. The van der Waals surface area contributed by atoms with Gasteiger partial charge in [-0.3, -0.25) is 4.79 Å². The molecule has 0 saturated heterocycles. The molecule has 0 aromatic carbocycles. The third-order valence-corrected chi connectivity index (χ3v) is 5.90. The SMILES string of the molecule is CN(CCCNC(=O)[C@H]1C[C@H]2CC[C@H]1C2)S(C)(=O)=O. The van der Waals surface area contributed by atoms with E-state index in [0.717, 1.165) is 12.3 Å². The van der Waals surface area contributed by atoms with Gasteiger partial charge >= 0.3 is 0 Å². The highest BCUT2D eigenvalue weighted by atomic mass is 32.2. The first-order chi connectivity index (χ1) is 8.88. The van der Waals surface area contributed by atoms with Crippen molar-refractivity contribution in [1.29, 1.82) is 0 Å². The lowest BCUT2D eigenvalue weighted by atomic mass is 9.88. The number of rotatable bonds is 6. The number of hydrogen-bond acceptors (Lipinski definition) is 3. The lowest BCUT2D eigenvalue weighted by Crippen LogP contribution is -2.36. The molecule has 5 nitrogen and oxygen atoms in total. The molecule has 0 unspecified atom stereocenters. The van der Waals surface area contributed by atoms with E-state index in [4.69, 9.17) is 0 Å². The molecule has 0 aromatic heterocycles. The van der Waals surface area contributed by atoms with E-state index in [0.29, 0.717) is 25.4 Å². The number of fused-ring (bicyclic) bond motifs is 2. The van der Waals surface area contributed by atoms with Crippen molar-refractivity contribution in [3.8, 4) is 0 Å². The third-order valence-electron chi connectivity index (χ3n) is 4.59. The fourth-order valence-corrected chi connectivity index (χ4v) is 3.84. The van der Waals surface area contributed by atoms with Crippen LogP contribution in [0.25, 0.3) is 0 Å². The zero-order chi connectivity index (χ0) is 14.0. The first-order valence-electron chi connectivity index (χ1n) is 7.07. The van der Waals surface area contributed by atoms with Crippen LogP contribution in [0.5, 0.6) is 0 Å². The third kappa shape index (κ3) is 3.69. The first-order valence-corrected chi connectivity index (χ1v) is 8.92. The smallest absolute Gasteiger partial charge is 0.223 e. The van der Waals surface area contributed by atoms with Crippen LogP contribution in [-0.4, -0.2) is 45.0 Å². The molecule has 2 aliphatic carbocycles. The average molecular weight is 288 g/mol. The Labute approximate surface area is 115 Å². The Bertz CT molecular complexity index is 435. The van der Waals surface area contributed by atoms with E-state index in [1.165, 1.54) is 29.8 Å². The highest BCUT2D eigenvalue weighted by Crippen LogP contribution is 2.48. The molecule has 0 spiro atoms. The van der Waals surface area contributed by atoms with Gasteiger partial charge in [-0.1, -0.05) is 6.42 Å². The van der Waals surface area contributed by atoms with E-state index in [2.05, 4.69) is 5.32 Å². The zero-order valence-corrected chi connectivity index (χ0v) is 12.6. The number of carbonyl (C=O) groups is 1. The summed E-state index contributed by atoms with van der Waals surface area (Å²) < 4.78 is 23.7. The Hall–Kier alpha value is -0.620. The molecule has 0 aromatic rings. The van der Waals surface area contributed by atoms with Gasteiger partial charge in [-0.25, -0.2) is 12.7 Å². The summed E-state index contributed by atoms with van der Waals surface area (Å²) >= 11 is 0. The highest BCUT2D eigenvalue weighted by Gasteiger charge is 2.42. The molecule has 0 aliphatic heterocycles. The zero-order valence-electron chi connectivity index (χ0n) is 11.8. The molecule has 2 saturated carbocycles. The molecule has 19 heavy (non-hydrogen) atoms. The molecular formula is C13H24N2O3S. The van der Waals surface area contributed by atoms with Gasteiger partial charge in [0.05, 0.1) is 6.26 Å². The molecule has 1 N–H and O–H groups in total. The van der Waals surface area contributed by atoms with Gasteiger partial charge < -0.3 is 5.32 Å². The summed E-state index contributed by atoms with van der Waals surface area (Å²) in [7, 11) is -1.54. The van der Waals surface area contributed by atoms with Crippen molar-refractivity contribution in [1.82, 2.24) is 9.62 Å². The number of amides is 1. The summed E-state index contributed by atoms with van der Waals surface area (Å²) in [4.78, 5) is 12.0. The summed E-state index contributed by atoms with van der Waals surface area (Å²) in [6.07, 6.45) is 6.65. The van der Waals surface area contributed by atoms with E-state index in [9.17, 15) is 13.2 Å². The van der Waals surface area contributed by atoms with Crippen molar-refractivity contribution in [3.05, 3.63) is 0 Å². The molecule has 0 heterocycles. The van der Waals surface area contributed by atoms with Gasteiger partial charge in [-0.15, -0.1) is 0 Å². The summed E-state index contributed by atoms with van der Waals surface area (Å²) in [5.41, 5.74) is 0. The van der Waals surface area contributed by atoms with Crippen LogP contribution in [-0.2, 0) is 14.8 Å². The highest BCUT2D eigenvalue weighted by molar-refractivity contribution is 7.88. The lowest BCUT2D eigenvalue weighted by Gasteiger charge is -2.21. The molecule has 2 fully saturated rings. The first kappa shape index (κ1) is 14.8. The Balaban J connectivity index is 1.65. The van der Waals surface area contributed by atoms with Crippen molar-refractivity contribution in [2.75, 3.05) is 26.4 Å². The van der Waals surface area contributed by atoms with Crippen molar-refractivity contribution >= 4 is 15.9 Å². The van der Waals surface area contributed by atoms with E-state index >= 15 is 0 Å². The quantitative estimate of drug-likeness (QED) is 0.736. The van der Waals surface area contributed by atoms with Crippen molar-refractivity contribution in [2.45, 2.75) is 32.1 Å². The molecule has 2 aliphatic rings. The minimum atomic E-state index is -3.11. The van der Waals surface area contributed by atoms with Crippen LogP contribution in [0.15, 0.2) is 0 Å². The number of nitrogens with one attached hydrogen (secondary N) is 1. The molecular weight excluding hydrogens is 264 g/mol. The van der Waals surface area contributed by atoms with Gasteiger partial charge in [0.15, 0.2) is 0 Å². The van der Waals surface area contributed by atoms with Crippen LogP contribution < -0.4 is 5.32 Å². The van der Waals surface area contributed by atoms with Gasteiger partial charge in [0.2, 0.25) is 15.9 Å². The largest absolute Gasteiger partial charge is 0.356 e. The van der Waals surface area contributed by atoms with Crippen LogP contribution >= 0.6 is 0 Å². The van der Waals surface area contributed by atoms with E-state index in [-0.39, 0.29) is 11.8 Å².